The maximum atomic E-state index is 10.6. The maximum absolute atomic E-state index is 10.6. The molecule has 0 aromatic carbocycles. The number of carbonyl (C=O) groups is 2. The fourth-order valence-electron chi connectivity index (χ4n) is 0.595. The molecule has 0 saturated carbocycles. The van der Waals surface area contributed by atoms with Gasteiger partial charge >= 0.3 is 0 Å². The van der Waals surface area contributed by atoms with Gasteiger partial charge in [0.2, 0.25) is 5.91 Å². The third-order valence-corrected chi connectivity index (χ3v) is 2.62. The minimum absolute atomic E-state index is 0.0191. The van der Waals surface area contributed by atoms with Gasteiger partial charge in [-0.3, -0.25) is 9.59 Å². The molecule has 0 fully saturated rings. The molecule has 0 aliphatic carbocycles. The van der Waals surface area contributed by atoms with Crippen LogP contribution < -0.4 is 5.73 Å². The van der Waals surface area contributed by atoms with Crippen LogP contribution in [-0.4, -0.2) is 16.3 Å². The van der Waals surface area contributed by atoms with E-state index in [0.29, 0.717) is 0 Å². The van der Waals surface area contributed by atoms with Crippen LogP contribution >= 0.6 is 11.8 Å². The molecule has 11 heavy (non-hydrogen) atoms. The number of carbonyl (C=O) groups excluding carboxylic acids is 2. The highest BCUT2D eigenvalue weighted by molar-refractivity contribution is 8.14. The first-order valence-corrected chi connectivity index (χ1v) is 4.29. The lowest BCUT2D eigenvalue weighted by Crippen LogP contribution is -2.28. The Bertz CT molecular complexity index is 170. The van der Waals surface area contributed by atoms with Crippen LogP contribution in [0.4, 0.5) is 0 Å². The standard InChI is InChI=1S/C7H13NO2S/c1-4(7(8)10)5(2)11-6(3)9/h4-5H,1-3H3,(H2,8,10). The van der Waals surface area contributed by atoms with Gasteiger partial charge in [0.15, 0.2) is 5.12 Å². The smallest absolute Gasteiger partial charge is 0.221 e. The van der Waals surface area contributed by atoms with Gasteiger partial charge in [0.05, 0.1) is 0 Å². The Morgan fingerprint density at radius 1 is 1.36 bits per heavy atom. The molecule has 64 valence electrons. The Labute approximate surface area is 70.7 Å². The van der Waals surface area contributed by atoms with E-state index in [4.69, 9.17) is 5.73 Å². The van der Waals surface area contributed by atoms with Crippen LogP contribution in [0.3, 0.4) is 0 Å². The minimum atomic E-state index is -0.355. The Kier molecular flexibility index (Phi) is 4.18. The molecule has 0 aliphatic heterocycles. The third-order valence-electron chi connectivity index (χ3n) is 1.50. The van der Waals surface area contributed by atoms with E-state index in [2.05, 4.69) is 0 Å². The summed E-state index contributed by atoms with van der Waals surface area (Å²) in [5, 5.41) is -0.00407. The van der Waals surface area contributed by atoms with Crippen molar-refractivity contribution in [2.75, 3.05) is 0 Å². The summed E-state index contributed by atoms with van der Waals surface area (Å²) in [6.45, 7) is 5.03. The monoisotopic (exact) mass is 175 g/mol. The topological polar surface area (TPSA) is 60.2 Å². The predicted molar refractivity (Wildman–Crippen MR) is 46.1 cm³/mol. The molecular formula is C7H13NO2S. The van der Waals surface area contributed by atoms with Crippen molar-refractivity contribution in [2.24, 2.45) is 11.7 Å². The number of amides is 1. The summed E-state index contributed by atoms with van der Waals surface area (Å²) in [6.07, 6.45) is 0. The van der Waals surface area contributed by atoms with Gasteiger partial charge in [-0.25, -0.2) is 0 Å². The number of thioether (sulfide) groups is 1. The molecule has 0 heterocycles. The van der Waals surface area contributed by atoms with Crippen molar-refractivity contribution in [1.82, 2.24) is 0 Å². The highest BCUT2D eigenvalue weighted by atomic mass is 32.2. The van der Waals surface area contributed by atoms with E-state index in [0.717, 1.165) is 11.8 Å². The SMILES string of the molecule is CC(=O)SC(C)C(C)C(N)=O. The van der Waals surface area contributed by atoms with Crippen molar-refractivity contribution in [2.45, 2.75) is 26.0 Å². The Morgan fingerprint density at radius 2 is 1.82 bits per heavy atom. The minimum Gasteiger partial charge on any atom is -0.369 e. The molecule has 2 atom stereocenters. The van der Waals surface area contributed by atoms with Gasteiger partial charge in [-0.05, 0) is 0 Å². The summed E-state index contributed by atoms with van der Waals surface area (Å²) in [5.74, 6) is -0.602. The second-order valence-electron chi connectivity index (χ2n) is 2.51. The number of rotatable bonds is 3. The van der Waals surface area contributed by atoms with E-state index in [9.17, 15) is 9.59 Å². The zero-order chi connectivity index (χ0) is 9.02. The van der Waals surface area contributed by atoms with Crippen LogP contribution in [0.2, 0.25) is 0 Å². The molecule has 0 spiro atoms. The predicted octanol–water partition coefficient (Wildman–Crippen LogP) is 0.776. The molecular weight excluding hydrogens is 162 g/mol. The van der Waals surface area contributed by atoms with Crippen LogP contribution in [0.25, 0.3) is 0 Å². The van der Waals surface area contributed by atoms with Gasteiger partial charge in [-0.2, -0.15) is 0 Å². The molecule has 0 aliphatic rings. The molecule has 0 saturated heterocycles. The van der Waals surface area contributed by atoms with Crippen LogP contribution in [0.5, 0.6) is 0 Å². The summed E-state index contributed by atoms with van der Waals surface area (Å²) >= 11 is 1.15. The lowest BCUT2D eigenvalue weighted by atomic mass is 10.1. The van der Waals surface area contributed by atoms with Gasteiger partial charge in [-0.15, -0.1) is 0 Å². The quantitative estimate of drug-likeness (QED) is 0.689. The largest absolute Gasteiger partial charge is 0.369 e. The van der Waals surface area contributed by atoms with Crippen LogP contribution in [-0.2, 0) is 9.59 Å². The van der Waals surface area contributed by atoms with Gasteiger partial charge in [-0.1, -0.05) is 25.6 Å². The second-order valence-corrected chi connectivity index (χ2v) is 4.06. The fraction of sp³-hybridized carbons (Fsp3) is 0.714. The second kappa shape index (κ2) is 4.38. The lowest BCUT2D eigenvalue weighted by molar-refractivity contribution is -0.121. The molecule has 2 N–H and O–H groups in total. The van der Waals surface area contributed by atoms with E-state index < -0.39 is 0 Å². The van der Waals surface area contributed by atoms with E-state index in [1.54, 1.807) is 6.92 Å². The van der Waals surface area contributed by atoms with Gasteiger partial charge in [0.25, 0.3) is 0 Å². The molecule has 0 aromatic heterocycles. The maximum Gasteiger partial charge on any atom is 0.221 e. The van der Waals surface area contributed by atoms with Crippen molar-refractivity contribution >= 4 is 22.8 Å². The summed E-state index contributed by atoms with van der Waals surface area (Å²) in [4.78, 5) is 21.2. The van der Waals surface area contributed by atoms with Gasteiger partial charge in [0.1, 0.15) is 0 Å². The number of hydrogen-bond acceptors (Lipinski definition) is 3. The van der Waals surface area contributed by atoms with Crippen molar-refractivity contribution < 1.29 is 9.59 Å². The van der Waals surface area contributed by atoms with Crippen LogP contribution in [0.15, 0.2) is 0 Å². The molecule has 1 amide bonds. The lowest BCUT2D eigenvalue weighted by Gasteiger charge is -2.13. The first-order valence-electron chi connectivity index (χ1n) is 3.41. The first-order chi connectivity index (χ1) is 4.95. The average molecular weight is 175 g/mol. The third kappa shape index (κ3) is 4.03. The summed E-state index contributed by atoms with van der Waals surface area (Å²) in [5.41, 5.74) is 5.05. The zero-order valence-electron chi connectivity index (χ0n) is 6.96. The fourth-order valence-corrected chi connectivity index (χ4v) is 1.46. The van der Waals surface area contributed by atoms with Crippen LogP contribution in [0.1, 0.15) is 20.8 Å². The first kappa shape index (κ1) is 10.5. The normalized spacial score (nSPS) is 15.5. The molecule has 0 rings (SSSR count). The molecule has 4 heteroatoms. The van der Waals surface area contributed by atoms with Crippen molar-refractivity contribution in [3.63, 3.8) is 0 Å². The average Bonchev–Trinajstić information content (AvgIpc) is 1.84. The van der Waals surface area contributed by atoms with Crippen molar-refractivity contribution in [3.8, 4) is 0 Å². The molecule has 2 unspecified atom stereocenters. The van der Waals surface area contributed by atoms with Crippen molar-refractivity contribution in [3.05, 3.63) is 0 Å². The van der Waals surface area contributed by atoms with E-state index in [-0.39, 0.29) is 22.2 Å². The van der Waals surface area contributed by atoms with Crippen molar-refractivity contribution in [1.29, 1.82) is 0 Å². The summed E-state index contributed by atoms with van der Waals surface area (Å²) in [7, 11) is 0. The number of hydrogen-bond donors (Lipinski definition) is 1. The highest BCUT2D eigenvalue weighted by Gasteiger charge is 2.19. The molecule has 3 nitrogen and oxygen atoms in total. The molecule has 0 radical (unpaired) electrons. The van der Waals surface area contributed by atoms with Gasteiger partial charge in [0, 0.05) is 18.1 Å². The van der Waals surface area contributed by atoms with E-state index >= 15 is 0 Å². The van der Waals surface area contributed by atoms with E-state index in [1.165, 1.54) is 6.92 Å². The Balaban J connectivity index is 3.92. The Morgan fingerprint density at radius 3 is 2.09 bits per heavy atom. The summed E-state index contributed by atoms with van der Waals surface area (Å²) < 4.78 is 0. The highest BCUT2D eigenvalue weighted by Crippen LogP contribution is 2.18. The summed E-state index contributed by atoms with van der Waals surface area (Å²) in [6, 6.07) is 0. The van der Waals surface area contributed by atoms with Gasteiger partial charge < -0.3 is 5.73 Å². The van der Waals surface area contributed by atoms with E-state index in [1.807, 2.05) is 6.92 Å². The Hall–Kier alpha value is -0.510. The number of nitrogens with two attached hydrogens (primary N) is 1. The molecule has 0 aromatic rings. The van der Waals surface area contributed by atoms with Crippen LogP contribution in [0, 0.1) is 5.92 Å². The molecule has 0 bridgehead atoms. The number of primary amides is 1. The zero-order valence-corrected chi connectivity index (χ0v) is 7.77.